The molecule has 0 spiro atoms. The molecule has 0 atom stereocenters. The minimum atomic E-state index is -0.455. The lowest BCUT2D eigenvalue weighted by Crippen LogP contribution is -2.07. The summed E-state index contributed by atoms with van der Waals surface area (Å²) in [6.07, 6.45) is 1.56. The summed E-state index contributed by atoms with van der Waals surface area (Å²) in [5.41, 5.74) is 1.80. The van der Waals surface area contributed by atoms with Gasteiger partial charge in [0.15, 0.2) is 5.69 Å². The van der Waals surface area contributed by atoms with Crippen LogP contribution in [0.15, 0.2) is 48.7 Å². The highest BCUT2D eigenvalue weighted by atomic mass is 16.5. The summed E-state index contributed by atoms with van der Waals surface area (Å²) in [6, 6.07) is 13.1. The second kappa shape index (κ2) is 5.12. The highest BCUT2D eigenvalue weighted by molar-refractivity contribution is 5.94. The van der Waals surface area contributed by atoms with Crippen molar-refractivity contribution < 1.29 is 9.53 Å². The van der Waals surface area contributed by atoms with Crippen molar-refractivity contribution in [2.45, 2.75) is 0 Å². The van der Waals surface area contributed by atoms with Gasteiger partial charge in [0.05, 0.1) is 12.8 Å². The molecule has 0 fully saturated rings. The smallest absolute Gasteiger partial charge is 0.358 e. The van der Waals surface area contributed by atoms with E-state index in [9.17, 15) is 4.79 Å². The van der Waals surface area contributed by atoms with Gasteiger partial charge in [-0.25, -0.2) is 9.78 Å². The fourth-order valence-electron chi connectivity index (χ4n) is 1.44. The molecule has 0 aliphatic carbocycles. The van der Waals surface area contributed by atoms with Gasteiger partial charge in [0, 0.05) is 11.9 Å². The Hall–Kier alpha value is -2.36. The molecule has 2 rings (SSSR count). The van der Waals surface area contributed by atoms with E-state index in [0.717, 1.165) is 5.69 Å². The van der Waals surface area contributed by atoms with Crippen molar-refractivity contribution in [1.29, 1.82) is 0 Å². The van der Waals surface area contributed by atoms with Gasteiger partial charge >= 0.3 is 5.97 Å². The molecule has 86 valence electrons. The lowest BCUT2D eigenvalue weighted by atomic mass is 10.2. The molecule has 1 aromatic heterocycles. The van der Waals surface area contributed by atoms with Gasteiger partial charge in [0.1, 0.15) is 0 Å². The second-order valence-corrected chi connectivity index (χ2v) is 3.38. The minimum absolute atomic E-state index is 0.277. The van der Waals surface area contributed by atoms with E-state index in [1.54, 1.807) is 18.3 Å². The Morgan fingerprint density at radius 2 is 1.94 bits per heavy atom. The summed E-state index contributed by atoms with van der Waals surface area (Å²) in [5.74, 6) is -0.455. The van der Waals surface area contributed by atoms with E-state index in [4.69, 9.17) is 0 Å². The number of nitrogens with zero attached hydrogens (tertiary/aromatic N) is 1. The van der Waals surface area contributed by atoms with Gasteiger partial charge in [-0.1, -0.05) is 18.2 Å². The van der Waals surface area contributed by atoms with E-state index in [1.807, 2.05) is 30.3 Å². The molecule has 0 radical (unpaired) electrons. The molecule has 4 heteroatoms. The van der Waals surface area contributed by atoms with Crippen molar-refractivity contribution in [2.75, 3.05) is 12.4 Å². The molecule has 4 nitrogen and oxygen atoms in total. The first-order valence-corrected chi connectivity index (χ1v) is 5.16. The zero-order valence-electron chi connectivity index (χ0n) is 9.38. The van der Waals surface area contributed by atoms with E-state index in [2.05, 4.69) is 15.0 Å². The molecule has 0 unspecified atom stereocenters. The van der Waals surface area contributed by atoms with Gasteiger partial charge in [-0.3, -0.25) is 0 Å². The maximum absolute atomic E-state index is 11.5. The Bertz CT molecular complexity index is 512. The zero-order valence-corrected chi connectivity index (χ0v) is 9.38. The van der Waals surface area contributed by atoms with Crippen molar-refractivity contribution in [3.63, 3.8) is 0 Å². The number of methoxy groups -OCH3 is 1. The number of esters is 1. The van der Waals surface area contributed by atoms with E-state index >= 15 is 0 Å². The summed E-state index contributed by atoms with van der Waals surface area (Å²) in [5, 5.41) is 3.12. The monoisotopic (exact) mass is 228 g/mol. The first-order valence-electron chi connectivity index (χ1n) is 5.16. The predicted octanol–water partition coefficient (Wildman–Crippen LogP) is 2.61. The van der Waals surface area contributed by atoms with Crippen molar-refractivity contribution in [3.8, 4) is 0 Å². The molecule has 2 aromatic rings. The molecule has 0 amide bonds. The van der Waals surface area contributed by atoms with Crippen LogP contribution in [0, 0.1) is 0 Å². The molecule has 0 aliphatic heterocycles. The van der Waals surface area contributed by atoms with Crippen LogP contribution >= 0.6 is 0 Å². The Balaban J connectivity index is 2.30. The fraction of sp³-hybridized carbons (Fsp3) is 0.0769. The number of anilines is 2. The van der Waals surface area contributed by atoms with Gasteiger partial charge in [0.25, 0.3) is 0 Å². The number of benzene rings is 1. The van der Waals surface area contributed by atoms with Crippen LogP contribution in [0.3, 0.4) is 0 Å². The van der Waals surface area contributed by atoms with Crippen LogP contribution in [-0.4, -0.2) is 18.1 Å². The van der Waals surface area contributed by atoms with E-state index in [0.29, 0.717) is 5.69 Å². The fourth-order valence-corrected chi connectivity index (χ4v) is 1.44. The third-order valence-corrected chi connectivity index (χ3v) is 2.24. The van der Waals surface area contributed by atoms with E-state index < -0.39 is 5.97 Å². The predicted molar refractivity (Wildman–Crippen MR) is 65.3 cm³/mol. The van der Waals surface area contributed by atoms with Crippen molar-refractivity contribution in [3.05, 3.63) is 54.4 Å². The number of carbonyl (C=O) groups is 1. The summed E-state index contributed by atoms with van der Waals surface area (Å²) >= 11 is 0. The van der Waals surface area contributed by atoms with Gasteiger partial charge in [0.2, 0.25) is 0 Å². The van der Waals surface area contributed by atoms with Gasteiger partial charge in [-0.2, -0.15) is 0 Å². The maximum atomic E-state index is 11.5. The van der Waals surface area contributed by atoms with Crippen LogP contribution in [0.1, 0.15) is 10.5 Å². The molecule has 1 aromatic carbocycles. The van der Waals surface area contributed by atoms with Crippen LogP contribution in [-0.2, 0) is 4.74 Å². The number of aromatic nitrogens is 1. The normalized spacial score (nSPS) is 9.71. The van der Waals surface area contributed by atoms with Crippen molar-refractivity contribution in [1.82, 2.24) is 4.98 Å². The largest absolute Gasteiger partial charge is 0.464 e. The first-order chi connectivity index (χ1) is 8.31. The summed E-state index contributed by atoms with van der Waals surface area (Å²) in [6.45, 7) is 0. The Morgan fingerprint density at radius 3 is 2.65 bits per heavy atom. The Morgan fingerprint density at radius 1 is 1.18 bits per heavy atom. The zero-order chi connectivity index (χ0) is 12.1. The van der Waals surface area contributed by atoms with Crippen molar-refractivity contribution in [2.24, 2.45) is 0 Å². The molecular formula is C13H12N2O2. The number of hydrogen-bond acceptors (Lipinski definition) is 4. The molecular weight excluding hydrogens is 216 g/mol. The number of para-hydroxylation sites is 1. The molecule has 0 aliphatic rings. The highest BCUT2D eigenvalue weighted by Gasteiger charge is 2.12. The standard InChI is InChI=1S/C13H12N2O2/c1-17-13(16)12-11(8-5-9-14-12)15-10-6-3-2-4-7-10/h2-9,15H,1H3. The van der Waals surface area contributed by atoms with Crippen LogP contribution < -0.4 is 5.32 Å². The molecule has 1 N–H and O–H groups in total. The number of nitrogens with one attached hydrogen (secondary N) is 1. The number of hydrogen-bond donors (Lipinski definition) is 1. The maximum Gasteiger partial charge on any atom is 0.358 e. The van der Waals surface area contributed by atoms with Crippen LogP contribution in [0.2, 0.25) is 0 Å². The number of carbonyl (C=O) groups excluding carboxylic acids is 1. The average molecular weight is 228 g/mol. The average Bonchev–Trinajstić information content (AvgIpc) is 2.40. The summed E-state index contributed by atoms with van der Waals surface area (Å²) in [7, 11) is 1.34. The molecule has 0 saturated heterocycles. The van der Waals surface area contributed by atoms with Gasteiger partial charge in [-0.05, 0) is 24.3 Å². The van der Waals surface area contributed by atoms with Crippen LogP contribution in [0.4, 0.5) is 11.4 Å². The van der Waals surface area contributed by atoms with E-state index in [-0.39, 0.29) is 5.69 Å². The Labute approximate surface area is 99.3 Å². The van der Waals surface area contributed by atoms with Crippen molar-refractivity contribution >= 4 is 17.3 Å². The SMILES string of the molecule is COC(=O)c1ncccc1Nc1ccccc1. The lowest BCUT2D eigenvalue weighted by molar-refractivity contribution is 0.0595. The third kappa shape index (κ3) is 2.60. The first kappa shape index (κ1) is 11.1. The topological polar surface area (TPSA) is 51.2 Å². The third-order valence-electron chi connectivity index (χ3n) is 2.24. The number of pyridine rings is 1. The molecule has 17 heavy (non-hydrogen) atoms. The van der Waals surface area contributed by atoms with E-state index in [1.165, 1.54) is 7.11 Å². The van der Waals surface area contributed by atoms with Gasteiger partial charge < -0.3 is 10.1 Å². The number of ether oxygens (including phenoxy) is 1. The van der Waals surface area contributed by atoms with Gasteiger partial charge in [-0.15, -0.1) is 0 Å². The minimum Gasteiger partial charge on any atom is -0.464 e. The quantitative estimate of drug-likeness (QED) is 0.820. The summed E-state index contributed by atoms with van der Waals surface area (Å²) < 4.78 is 4.67. The lowest BCUT2D eigenvalue weighted by Gasteiger charge is -2.09. The van der Waals surface area contributed by atoms with Crippen LogP contribution in [0.5, 0.6) is 0 Å². The molecule has 0 saturated carbocycles. The highest BCUT2D eigenvalue weighted by Crippen LogP contribution is 2.19. The Kier molecular flexibility index (Phi) is 3.35. The molecule has 1 heterocycles. The molecule has 0 bridgehead atoms. The second-order valence-electron chi connectivity index (χ2n) is 3.38. The number of rotatable bonds is 3. The summed E-state index contributed by atoms with van der Waals surface area (Å²) in [4.78, 5) is 15.5. The van der Waals surface area contributed by atoms with Crippen LogP contribution in [0.25, 0.3) is 0 Å².